The largest absolute Gasteiger partial charge is 0.497 e. The van der Waals surface area contributed by atoms with Crippen molar-refractivity contribution in [1.82, 2.24) is 19.6 Å². The lowest BCUT2D eigenvalue weighted by molar-refractivity contribution is 0.298. The van der Waals surface area contributed by atoms with Crippen LogP contribution in [-0.2, 0) is 6.61 Å². The fourth-order valence-electron chi connectivity index (χ4n) is 2.49. The molecule has 0 aliphatic rings. The monoisotopic (exact) mass is 306 g/mol. The molecule has 0 fully saturated rings. The third-order valence-corrected chi connectivity index (χ3v) is 3.65. The van der Waals surface area contributed by atoms with Gasteiger partial charge in [0.2, 0.25) is 0 Å². The van der Waals surface area contributed by atoms with E-state index < -0.39 is 0 Å². The Hall–Kier alpha value is -3.15. The summed E-state index contributed by atoms with van der Waals surface area (Å²) in [6.07, 6.45) is 3.64. The summed E-state index contributed by atoms with van der Waals surface area (Å²) in [6, 6.07) is 13.3. The van der Waals surface area contributed by atoms with Gasteiger partial charge in [-0.15, -0.1) is 10.2 Å². The second-order valence-electron chi connectivity index (χ2n) is 5.03. The number of hydrogen-bond donors (Lipinski definition) is 0. The van der Waals surface area contributed by atoms with E-state index >= 15 is 0 Å². The van der Waals surface area contributed by atoms with E-state index in [-0.39, 0.29) is 0 Å². The van der Waals surface area contributed by atoms with Gasteiger partial charge < -0.3 is 9.47 Å². The van der Waals surface area contributed by atoms with Crippen molar-refractivity contribution in [2.24, 2.45) is 0 Å². The first-order chi connectivity index (χ1) is 11.3. The Morgan fingerprint density at radius 1 is 1.09 bits per heavy atom. The van der Waals surface area contributed by atoms with Crippen molar-refractivity contribution in [2.45, 2.75) is 6.61 Å². The Balaban J connectivity index is 1.65. The lowest BCUT2D eigenvalue weighted by Crippen LogP contribution is -2.01. The van der Waals surface area contributed by atoms with E-state index in [1.807, 2.05) is 53.1 Å². The van der Waals surface area contributed by atoms with Crippen LogP contribution in [0.5, 0.6) is 11.5 Å². The highest BCUT2D eigenvalue weighted by atomic mass is 16.5. The van der Waals surface area contributed by atoms with E-state index in [9.17, 15) is 0 Å². The van der Waals surface area contributed by atoms with E-state index in [2.05, 4.69) is 15.2 Å². The Morgan fingerprint density at radius 2 is 2.04 bits per heavy atom. The molecule has 0 N–H and O–H groups in total. The molecular formula is C17H14N4O2. The SMILES string of the molecule is COc1ccc2c(OCc3nnc4ccccn34)ccnc2c1. The van der Waals surface area contributed by atoms with Crippen molar-refractivity contribution in [3.8, 4) is 11.5 Å². The van der Waals surface area contributed by atoms with E-state index in [1.54, 1.807) is 13.3 Å². The molecule has 0 unspecified atom stereocenters. The minimum atomic E-state index is 0.330. The maximum absolute atomic E-state index is 5.94. The van der Waals surface area contributed by atoms with Gasteiger partial charge in [-0.25, -0.2) is 0 Å². The highest BCUT2D eigenvalue weighted by Gasteiger charge is 2.08. The zero-order valence-electron chi connectivity index (χ0n) is 12.5. The number of ether oxygens (including phenoxy) is 2. The van der Waals surface area contributed by atoms with Gasteiger partial charge in [0.15, 0.2) is 11.5 Å². The molecule has 4 rings (SSSR count). The van der Waals surface area contributed by atoms with E-state index in [0.29, 0.717) is 6.61 Å². The smallest absolute Gasteiger partial charge is 0.175 e. The van der Waals surface area contributed by atoms with Gasteiger partial charge in [0.1, 0.15) is 18.1 Å². The van der Waals surface area contributed by atoms with Crippen LogP contribution in [0.4, 0.5) is 0 Å². The van der Waals surface area contributed by atoms with Gasteiger partial charge in [0.05, 0.1) is 12.6 Å². The molecule has 0 radical (unpaired) electrons. The summed E-state index contributed by atoms with van der Waals surface area (Å²) in [5.41, 5.74) is 1.63. The maximum atomic E-state index is 5.94. The highest BCUT2D eigenvalue weighted by Crippen LogP contribution is 2.27. The number of rotatable bonds is 4. The van der Waals surface area contributed by atoms with E-state index in [4.69, 9.17) is 9.47 Å². The Bertz CT molecular complexity index is 981. The van der Waals surface area contributed by atoms with Crippen LogP contribution in [0.3, 0.4) is 0 Å². The molecule has 1 aromatic carbocycles. The van der Waals surface area contributed by atoms with Crippen LogP contribution in [0.25, 0.3) is 16.6 Å². The third kappa shape index (κ3) is 2.44. The lowest BCUT2D eigenvalue weighted by atomic mass is 10.2. The second kappa shape index (κ2) is 5.57. The van der Waals surface area contributed by atoms with E-state index in [0.717, 1.165) is 33.9 Å². The Labute approximate surface area is 132 Å². The molecule has 0 aliphatic carbocycles. The molecule has 0 spiro atoms. The van der Waals surface area contributed by atoms with Crippen molar-refractivity contribution in [3.05, 3.63) is 60.7 Å². The van der Waals surface area contributed by atoms with Crippen molar-refractivity contribution < 1.29 is 9.47 Å². The molecule has 0 amide bonds. The molecule has 3 aromatic heterocycles. The number of aromatic nitrogens is 4. The molecule has 6 nitrogen and oxygen atoms in total. The molecule has 3 heterocycles. The molecule has 0 atom stereocenters. The van der Waals surface area contributed by atoms with Gasteiger partial charge in [-0.2, -0.15) is 0 Å². The molecule has 114 valence electrons. The fourth-order valence-corrected chi connectivity index (χ4v) is 2.49. The molecule has 0 aliphatic heterocycles. The second-order valence-corrected chi connectivity index (χ2v) is 5.03. The van der Waals surface area contributed by atoms with Crippen LogP contribution in [0, 0.1) is 0 Å². The van der Waals surface area contributed by atoms with Gasteiger partial charge in [0.25, 0.3) is 0 Å². The standard InChI is InChI=1S/C17H14N4O2/c1-22-12-5-6-13-14(10-12)18-8-7-15(13)23-11-17-20-19-16-4-2-3-9-21(16)17/h2-10H,11H2,1H3. The normalized spacial score (nSPS) is 11.0. The predicted octanol–water partition coefficient (Wildman–Crippen LogP) is 2.87. The Morgan fingerprint density at radius 3 is 2.96 bits per heavy atom. The summed E-state index contributed by atoms with van der Waals surface area (Å²) in [6.45, 7) is 0.330. The minimum Gasteiger partial charge on any atom is -0.497 e. The average Bonchev–Trinajstić information content (AvgIpc) is 3.02. The molecule has 23 heavy (non-hydrogen) atoms. The van der Waals surface area contributed by atoms with Gasteiger partial charge in [-0.05, 0) is 30.3 Å². The van der Waals surface area contributed by atoms with Crippen molar-refractivity contribution >= 4 is 16.6 Å². The lowest BCUT2D eigenvalue weighted by Gasteiger charge is -2.09. The van der Waals surface area contributed by atoms with E-state index in [1.165, 1.54) is 0 Å². The van der Waals surface area contributed by atoms with Gasteiger partial charge in [0, 0.05) is 23.8 Å². The topological polar surface area (TPSA) is 61.5 Å². The zero-order chi connectivity index (χ0) is 15.6. The van der Waals surface area contributed by atoms with Crippen LogP contribution in [0.15, 0.2) is 54.9 Å². The molecule has 6 heteroatoms. The minimum absolute atomic E-state index is 0.330. The molecule has 4 aromatic rings. The molecular weight excluding hydrogens is 292 g/mol. The average molecular weight is 306 g/mol. The van der Waals surface area contributed by atoms with Gasteiger partial charge >= 0.3 is 0 Å². The van der Waals surface area contributed by atoms with Crippen molar-refractivity contribution in [1.29, 1.82) is 0 Å². The number of methoxy groups -OCH3 is 1. The number of benzene rings is 1. The maximum Gasteiger partial charge on any atom is 0.175 e. The number of fused-ring (bicyclic) bond motifs is 2. The summed E-state index contributed by atoms with van der Waals surface area (Å²) < 4.78 is 13.1. The number of hydrogen-bond acceptors (Lipinski definition) is 5. The molecule has 0 bridgehead atoms. The van der Waals surface area contributed by atoms with Crippen LogP contribution in [0.2, 0.25) is 0 Å². The zero-order valence-corrected chi connectivity index (χ0v) is 12.5. The first-order valence-electron chi connectivity index (χ1n) is 7.19. The molecule has 0 saturated heterocycles. The first kappa shape index (κ1) is 13.5. The van der Waals surface area contributed by atoms with Crippen molar-refractivity contribution in [2.75, 3.05) is 7.11 Å². The van der Waals surface area contributed by atoms with Crippen LogP contribution < -0.4 is 9.47 Å². The number of nitrogens with zero attached hydrogens (tertiary/aromatic N) is 4. The van der Waals surface area contributed by atoms with Crippen LogP contribution >= 0.6 is 0 Å². The summed E-state index contributed by atoms with van der Waals surface area (Å²) in [5.74, 6) is 2.27. The first-order valence-corrected chi connectivity index (χ1v) is 7.19. The van der Waals surface area contributed by atoms with Gasteiger partial charge in [-0.1, -0.05) is 6.07 Å². The summed E-state index contributed by atoms with van der Waals surface area (Å²) in [7, 11) is 1.64. The Kier molecular flexibility index (Phi) is 3.27. The van der Waals surface area contributed by atoms with Crippen molar-refractivity contribution in [3.63, 3.8) is 0 Å². The summed E-state index contributed by atoms with van der Waals surface area (Å²) in [5, 5.41) is 9.22. The van der Waals surface area contributed by atoms with Gasteiger partial charge in [-0.3, -0.25) is 9.38 Å². The quantitative estimate of drug-likeness (QED) is 0.580. The molecule has 0 saturated carbocycles. The number of pyridine rings is 2. The van der Waals surface area contributed by atoms with Crippen LogP contribution in [0.1, 0.15) is 5.82 Å². The van der Waals surface area contributed by atoms with Crippen LogP contribution in [-0.4, -0.2) is 26.7 Å². The highest BCUT2D eigenvalue weighted by molar-refractivity contribution is 5.85. The third-order valence-electron chi connectivity index (χ3n) is 3.65. The predicted molar refractivity (Wildman–Crippen MR) is 85.6 cm³/mol. The fraction of sp³-hybridized carbons (Fsp3) is 0.118. The summed E-state index contributed by atoms with van der Waals surface area (Å²) >= 11 is 0. The summed E-state index contributed by atoms with van der Waals surface area (Å²) in [4.78, 5) is 4.35.